The predicted octanol–water partition coefficient (Wildman–Crippen LogP) is 2.17. The molecular weight excluding hydrogens is 212 g/mol. The first-order valence-corrected chi connectivity index (χ1v) is 5.94. The van der Waals surface area contributed by atoms with Crippen molar-refractivity contribution in [1.82, 2.24) is 10.6 Å². The molecule has 0 aromatic heterocycles. The van der Waals surface area contributed by atoms with E-state index in [1.54, 1.807) is 7.05 Å². The number of carbonyl (C=O) groups is 1. The molecule has 0 aliphatic carbocycles. The maximum Gasteiger partial charge on any atom is 0.240 e. The number of likely N-dealkylation sites (N-methyl/N-ethyl adjacent to an activating group) is 1. The summed E-state index contributed by atoms with van der Waals surface area (Å²) in [6.07, 6.45) is 0. The fourth-order valence-corrected chi connectivity index (χ4v) is 1.64. The molecule has 0 spiro atoms. The van der Waals surface area contributed by atoms with Crippen LogP contribution in [0.15, 0.2) is 24.3 Å². The van der Waals surface area contributed by atoms with E-state index in [2.05, 4.69) is 23.6 Å². The van der Waals surface area contributed by atoms with Crippen molar-refractivity contribution in [2.45, 2.75) is 39.3 Å². The highest BCUT2D eigenvalue weighted by Gasteiger charge is 2.26. The van der Waals surface area contributed by atoms with E-state index in [9.17, 15) is 4.79 Å². The number of aryl methyl sites for hydroxylation is 1. The summed E-state index contributed by atoms with van der Waals surface area (Å²) in [4.78, 5) is 12.0. The van der Waals surface area contributed by atoms with Crippen LogP contribution in [0.25, 0.3) is 0 Å². The molecule has 1 atom stereocenters. The molecule has 0 bridgehead atoms. The lowest BCUT2D eigenvalue weighted by atomic mass is 10.00. The van der Waals surface area contributed by atoms with Gasteiger partial charge in [-0.1, -0.05) is 24.3 Å². The van der Waals surface area contributed by atoms with Gasteiger partial charge >= 0.3 is 0 Å². The second-order valence-corrected chi connectivity index (χ2v) is 4.93. The van der Waals surface area contributed by atoms with Crippen LogP contribution >= 0.6 is 0 Å². The molecule has 1 rings (SSSR count). The number of nitrogens with one attached hydrogen (secondary N) is 2. The van der Waals surface area contributed by atoms with Gasteiger partial charge in [0.2, 0.25) is 5.91 Å². The molecule has 3 heteroatoms. The molecule has 3 nitrogen and oxygen atoms in total. The Morgan fingerprint density at radius 2 is 1.88 bits per heavy atom. The van der Waals surface area contributed by atoms with Crippen LogP contribution in [0.1, 0.15) is 37.9 Å². The van der Waals surface area contributed by atoms with Gasteiger partial charge in [0.05, 0.1) is 11.6 Å². The topological polar surface area (TPSA) is 41.1 Å². The van der Waals surface area contributed by atoms with Crippen LogP contribution in [-0.2, 0) is 4.79 Å². The van der Waals surface area contributed by atoms with Gasteiger partial charge in [0.15, 0.2) is 0 Å². The smallest absolute Gasteiger partial charge is 0.240 e. The number of hydrogen-bond acceptors (Lipinski definition) is 2. The van der Waals surface area contributed by atoms with Gasteiger partial charge < -0.3 is 10.6 Å². The molecule has 1 amide bonds. The standard InChI is InChI=1S/C14H22N2O/c1-10-8-6-7-9-12(10)11(2)16-13(17)14(3,4)15-5/h6-9,11,15H,1-5H3,(H,16,17)/t11-/m1/s1. The highest BCUT2D eigenvalue weighted by Crippen LogP contribution is 2.17. The third kappa shape index (κ3) is 3.30. The zero-order valence-electron chi connectivity index (χ0n) is 11.3. The monoisotopic (exact) mass is 234 g/mol. The Balaban J connectivity index is 2.77. The van der Waals surface area contributed by atoms with Crippen molar-refractivity contribution in [3.05, 3.63) is 35.4 Å². The summed E-state index contributed by atoms with van der Waals surface area (Å²) in [6, 6.07) is 8.13. The number of amides is 1. The molecule has 1 aromatic rings. The van der Waals surface area contributed by atoms with Crippen LogP contribution in [0, 0.1) is 6.92 Å². The molecule has 94 valence electrons. The number of rotatable bonds is 4. The van der Waals surface area contributed by atoms with E-state index in [1.165, 1.54) is 5.56 Å². The second kappa shape index (κ2) is 5.32. The first kappa shape index (κ1) is 13.7. The zero-order chi connectivity index (χ0) is 13.1. The highest BCUT2D eigenvalue weighted by molar-refractivity contribution is 5.85. The molecule has 17 heavy (non-hydrogen) atoms. The summed E-state index contributed by atoms with van der Waals surface area (Å²) in [6.45, 7) is 7.80. The highest BCUT2D eigenvalue weighted by atomic mass is 16.2. The van der Waals surface area contributed by atoms with E-state index in [0.29, 0.717) is 0 Å². The van der Waals surface area contributed by atoms with Crippen molar-refractivity contribution >= 4 is 5.91 Å². The Morgan fingerprint density at radius 3 is 2.41 bits per heavy atom. The number of carbonyl (C=O) groups excluding carboxylic acids is 1. The van der Waals surface area contributed by atoms with Crippen LogP contribution in [0.2, 0.25) is 0 Å². The maximum atomic E-state index is 12.0. The van der Waals surface area contributed by atoms with Gasteiger partial charge in [-0.25, -0.2) is 0 Å². The molecule has 2 N–H and O–H groups in total. The summed E-state index contributed by atoms with van der Waals surface area (Å²) in [5, 5.41) is 6.03. The van der Waals surface area contributed by atoms with Crippen LogP contribution in [0.3, 0.4) is 0 Å². The molecule has 0 heterocycles. The Bertz CT molecular complexity index is 399. The van der Waals surface area contributed by atoms with Crippen molar-refractivity contribution < 1.29 is 4.79 Å². The van der Waals surface area contributed by atoms with Crippen molar-refractivity contribution in [1.29, 1.82) is 0 Å². The molecule has 0 unspecified atom stereocenters. The van der Waals surface area contributed by atoms with Crippen molar-refractivity contribution in [3.8, 4) is 0 Å². The summed E-state index contributed by atoms with van der Waals surface area (Å²) < 4.78 is 0. The van der Waals surface area contributed by atoms with Crippen molar-refractivity contribution in [2.75, 3.05) is 7.05 Å². The minimum Gasteiger partial charge on any atom is -0.348 e. The van der Waals surface area contributed by atoms with Gasteiger partial charge in [-0.05, 0) is 45.9 Å². The first-order chi connectivity index (χ1) is 7.88. The van der Waals surface area contributed by atoms with Gasteiger partial charge in [-0.3, -0.25) is 4.79 Å². The fourth-order valence-electron chi connectivity index (χ4n) is 1.64. The van der Waals surface area contributed by atoms with Gasteiger partial charge in [-0.15, -0.1) is 0 Å². The summed E-state index contributed by atoms with van der Waals surface area (Å²) in [5.41, 5.74) is 1.81. The van der Waals surface area contributed by atoms with E-state index < -0.39 is 5.54 Å². The lowest BCUT2D eigenvalue weighted by Gasteiger charge is -2.26. The summed E-state index contributed by atoms with van der Waals surface area (Å²) in [7, 11) is 1.79. The maximum absolute atomic E-state index is 12.0. The normalized spacial score (nSPS) is 13.2. The van der Waals surface area contributed by atoms with E-state index in [4.69, 9.17) is 0 Å². The third-order valence-corrected chi connectivity index (χ3v) is 3.20. The Kier molecular flexibility index (Phi) is 4.29. The summed E-state index contributed by atoms with van der Waals surface area (Å²) in [5.74, 6) is 0.00996. The second-order valence-electron chi connectivity index (χ2n) is 4.93. The quantitative estimate of drug-likeness (QED) is 0.838. The van der Waals surface area contributed by atoms with Gasteiger partial charge in [-0.2, -0.15) is 0 Å². The van der Waals surface area contributed by atoms with Crippen LogP contribution in [0.5, 0.6) is 0 Å². The minimum atomic E-state index is -0.545. The largest absolute Gasteiger partial charge is 0.348 e. The summed E-state index contributed by atoms with van der Waals surface area (Å²) >= 11 is 0. The van der Waals surface area contributed by atoms with Crippen LogP contribution in [-0.4, -0.2) is 18.5 Å². The first-order valence-electron chi connectivity index (χ1n) is 5.94. The Hall–Kier alpha value is -1.35. The number of benzene rings is 1. The van der Waals surface area contributed by atoms with Crippen molar-refractivity contribution in [3.63, 3.8) is 0 Å². The zero-order valence-corrected chi connectivity index (χ0v) is 11.3. The van der Waals surface area contributed by atoms with E-state index in [1.807, 2.05) is 39.0 Å². The molecule has 0 fully saturated rings. The molecular formula is C14H22N2O. The average Bonchev–Trinajstić information content (AvgIpc) is 2.29. The Labute approximate surface area is 104 Å². The molecule has 0 saturated carbocycles. The van der Waals surface area contributed by atoms with Crippen molar-refractivity contribution in [2.24, 2.45) is 0 Å². The van der Waals surface area contributed by atoms with Gasteiger partial charge in [0, 0.05) is 0 Å². The van der Waals surface area contributed by atoms with Crippen LogP contribution < -0.4 is 10.6 Å². The minimum absolute atomic E-state index is 0.00996. The van der Waals surface area contributed by atoms with Gasteiger partial charge in [0.1, 0.15) is 0 Å². The molecule has 0 saturated heterocycles. The predicted molar refractivity (Wildman–Crippen MR) is 70.9 cm³/mol. The Morgan fingerprint density at radius 1 is 1.29 bits per heavy atom. The van der Waals surface area contributed by atoms with Gasteiger partial charge in [0.25, 0.3) is 0 Å². The molecule has 0 aliphatic rings. The SMILES string of the molecule is CNC(C)(C)C(=O)N[C@H](C)c1ccccc1C. The van der Waals surface area contributed by atoms with E-state index >= 15 is 0 Å². The van der Waals surface area contributed by atoms with Crippen LogP contribution in [0.4, 0.5) is 0 Å². The fraction of sp³-hybridized carbons (Fsp3) is 0.500. The average molecular weight is 234 g/mol. The molecule has 0 radical (unpaired) electrons. The lowest BCUT2D eigenvalue weighted by molar-refractivity contribution is -0.126. The van der Waals surface area contributed by atoms with E-state index in [0.717, 1.165) is 5.56 Å². The lowest BCUT2D eigenvalue weighted by Crippen LogP contribution is -2.51. The third-order valence-electron chi connectivity index (χ3n) is 3.20. The number of hydrogen-bond donors (Lipinski definition) is 2. The molecule has 1 aromatic carbocycles. The van der Waals surface area contributed by atoms with E-state index in [-0.39, 0.29) is 11.9 Å². The molecule has 0 aliphatic heterocycles.